The van der Waals surface area contributed by atoms with Crippen LogP contribution in [-0.2, 0) is 14.2 Å². The predicted molar refractivity (Wildman–Crippen MR) is 88.1 cm³/mol. The van der Waals surface area contributed by atoms with E-state index in [0.29, 0.717) is 18.0 Å². The first kappa shape index (κ1) is 16.6. The number of para-hydroxylation sites is 2. The Labute approximate surface area is 141 Å². The summed E-state index contributed by atoms with van der Waals surface area (Å²) in [7, 11) is 2.69. The molecular weight excluding hydrogens is 312 g/mol. The lowest BCUT2D eigenvalue weighted by atomic mass is 9.87. The van der Waals surface area contributed by atoms with E-state index in [1.807, 2.05) is 6.07 Å². The number of benzene rings is 1. The molecule has 3 rings (SSSR count). The Kier molecular flexibility index (Phi) is 4.36. The molecule has 0 N–H and O–H groups in total. The van der Waals surface area contributed by atoms with Crippen molar-refractivity contribution in [2.24, 2.45) is 11.8 Å². The number of amides is 2. The molecule has 1 aromatic rings. The van der Waals surface area contributed by atoms with E-state index >= 15 is 0 Å². The van der Waals surface area contributed by atoms with Crippen LogP contribution in [0.3, 0.4) is 0 Å². The third-order valence-corrected chi connectivity index (χ3v) is 4.74. The van der Waals surface area contributed by atoms with Crippen molar-refractivity contribution >= 4 is 23.6 Å². The van der Waals surface area contributed by atoms with Gasteiger partial charge in [-0.25, -0.2) is 14.5 Å². The van der Waals surface area contributed by atoms with Gasteiger partial charge in [-0.2, -0.15) is 0 Å². The summed E-state index contributed by atoms with van der Waals surface area (Å²) in [6, 6.07) is 6.87. The van der Waals surface area contributed by atoms with Gasteiger partial charge >= 0.3 is 12.2 Å². The van der Waals surface area contributed by atoms with Gasteiger partial charge in [0.25, 0.3) is 0 Å². The summed E-state index contributed by atoms with van der Waals surface area (Å²) in [5.74, 6) is 0.353. The van der Waals surface area contributed by atoms with Crippen LogP contribution in [0.15, 0.2) is 24.3 Å². The highest BCUT2D eigenvalue weighted by Crippen LogP contribution is 2.45. The third-order valence-electron chi connectivity index (χ3n) is 4.74. The van der Waals surface area contributed by atoms with Crippen molar-refractivity contribution < 1.29 is 23.8 Å². The van der Waals surface area contributed by atoms with Crippen molar-refractivity contribution in [3.8, 4) is 0 Å². The molecule has 0 aromatic heterocycles. The molecule has 3 atom stereocenters. The van der Waals surface area contributed by atoms with E-state index in [1.54, 1.807) is 23.1 Å². The zero-order valence-corrected chi connectivity index (χ0v) is 14.3. The zero-order valence-electron chi connectivity index (χ0n) is 14.3. The molecule has 0 unspecified atom stereocenters. The van der Waals surface area contributed by atoms with Crippen LogP contribution in [0.25, 0.3) is 0 Å². The minimum absolute atomic E-state index is 0.0783. The average Bonchev–Trinajstić information content (AvgIpc) is 3.02. The summed E-state index contributed by atoms with van der Waals surface area (Å²) in [4.78, 5) is 28.0. The monoisotopic (exact) mass is 334 g/mol. The first-order chi connectivity index (χ1) is 11.5. The molecular formula is C17H22N2O5. The van der Waals surface area contributed by atoms with Crippen LogP contribution >= 0.6 is 0 Å². The summed E-state index contributed by atoms with van der Waals surface area (Å²) in [5.41, 5.74) is 1.19. The number of methoxy groups -OCH3 is 2. The third kappa shape index (κ3) is 2.39. The van der Waals surface area contributed by atoms with Gasteiger partial charge in [-0.3, -0.25) is 4.90 Å². The van der Waals surface area contributed by atoms with E-state index in [9.17, 15) is 9.59 Å². The first-order valence-corrected chi connectivity index (χ1v) is 7.96. The second kappa shape index (κ2) is 6.32. The number of fused-ring (bicyclic) bond motifs is 2. The Morgan fingerprint density at radius 2 is 1.62 bits per heavy atom. The van der Waals surface area contributed by atoms with Gasteiger partial charge < -0.3 is 14.2 Å². The van der Waals surface area contributed by atoms with Crippen molar-refractivity contribution in [1.29, 1.82) is 0 Å². The van der Waals surface area contributed by atoms with Crippen LogP contribution in [0.2, 0.25) is 0 Å². The maximum absolute atomic E-state index is 12.5. The van der Waals surface area contributed by atoms with Crippen molar-refractivity contribution in [3.63, 3.8) is 0 Å². The number of hydrogen-bond acceptors (Lipinski definition) is 5. The molecule has 1 saturated heterocycles. The van der Waals surface area contributed by atoms with Crippen LogP contribution in [0.5, 0.6) is 0 Å². The fraction of sp³-hybridized carbons (Fsp3) is 0.529. The lowest BCUT2D eigenvalue weighted by Gasteiger charge is -2.44. The van der Waals surface area contributed by atoms with Crippen molar-refractivity contribution in [1.82, 2.24) is 0 Å². The molecule has 0 aliphatic carbocycles. The number of carbonyl (C=O) groups excluding carboxylic acids is 2. The molecule has 24 heavy (non-hydrogen) atoms. The Bertz CT molecular complexity index is 648. The van der Waals surface area contributed by atoms with E-state index in [4.69, 9.17) is 14.2 Å². The summed E-state index contributed by atoms with van der Waals surface area (Å²) >= 11 is 0. The number of rotatable bonds is 1. The standard InChI is InChI=1S/C17H22N2O5/c1-10(2)11-9-24-15-14(11)18(16(20)22-3)12-7-5-6-8-13(12)19(15)17(21)23-4/h5-8,10-11,14-15H,9H2,1-4H3/t11-,14-,15+/m0/s1. The van der Waals surface area contributed by atoms with Crippen LogP contribution in [-0.4, -0.2) is 45.3 Å². The first-order valence-electron chi connectivity index (χ1n) is 7.96. The lowest BCUT2D eigenvalue weighted by molar-refractivity contribution is 0.0850. The summed E-state index contributed by atoms with van der Waals surface area (Å²) < 4.78 is 15.9. The van der Waals surface area contributed by atoms with Gasteiger partial charge in [0.2, 0.25) is 0 Å². The van der Waals surface area contributed by atoms with Gasteiger partial charge in [-0.05, 0) is 18.1 Å². The van der Waals surface area contributed by atoms with E-state index in [2.05, 4.69) is 13.8 Å². The van der Waals surface area contributed by atoms with Crippen LogP contribution in [0.4, 0.5) is 21.0 Å². The van der Waals surface area contributed by atoms with Crippen LogP contribution in [0, 0.1) is 11.8 Å². The van der Waals surface area contributed by atoms with Gasteiger partial charge in [0.15, 0.2) is 6.23 Å². The van der Waals surface area contributed by atoms with E-state index in [-0.39, 0.29) is 17.9 Å². The topological polar surface area (TPSA) is 68.3 Å². The molecule has 2 heterocycles. The number of ether oxygens (including phenoxy) is 3. The highest BCUT2D eigenvalue weighted by atomic mass is 16.6. The predicted octanol–water partition coefficient (Wildman–Crippen LogP) is 2.84. The zero-order chi connectivity index (χ0) is 17.4. The van der Waals surface area contributed by atoms with E-state index < -0.39 is 18.4 Å². The fourth-order valence-corrected chi connectivity index (χ4v) is 3.54. The van der Waals surface area contributed by atoms with Crippen molar-refractivity contribution in [2.45, 2.75) is 26.1 Å². The van der Waals surface area contributed by atoms with Gasteiger partial charge in [-0.1, -0.05) is 26.0 Å². The van der Waals surface area contributed by atoms with Crippen molar-refractivity contribution in [2.75, 3.05) is 30.6 Å². The number of hydrogen-bond donors (Lipinski definition) is 0. The molecule has 130 valence electrons. The fourth-order valence-electron chi connectivity index (χ4n) is 3.54. The Morgan fingerprint density at radius 3 is 2.17 bits per heavy atom. The molecule has 7 heteroatoms. The molecule has 0 spiro atoms. The molecule has 2 aliphatic heterocycles. The largest absolute Gasteiger partial charge is 0.452 e. The second-order valence-corrected chi connectivity index (χ2v) is 6.29. The summed E-state index contributed by atoms with van der Waals surface area (Å²) in [5, 5.41) is 0. The Balaban J connectivity index is 2.17. The lowest BCUT2D eigenvalue weighted by Crippen LogP contribution is -2.60. The number of anilines is 2. The van der Waals surface area contributed by atoms with Gasteiger partial charge in [0, 0.05) is 5.92 Å². The summed E-state index contributed by atoms with van der Waals surface area (Å²) in [6.45, 7) is 4.62. The van der Waals surface area contributed by atoms with E-state index in [1.165, 1.54) is 19.1 Å². The van der Waals surface area contributed by atoms with Gasteiger partial charge in [-0.15, -0.1) is 0 Å². The molecule has 0 saturated carbocycles. The number of carbonyl (C=O) groups is 2. The minimum atomic E-state index is -0.598. The van der Waals surface area contributed by atoms with Crippen LogP contribution < -0.4 is 9.80 Å². The maximum atomic E-state index is 12.5. The molecule has 2 aliphatic rings. The quantitative estimate of drug-likeness (QED) is 0.790. The number of nitrogens with zero attached hydrogens (tertiary/aromatic N) is 2. The SMILES string of the molecule is COC(=O)N1c2ccccc2N(C(=O)OC)[C@@H]2OC[C@@H](C(C)C)[C@@H]21. The van der Waals surface area contributed by atoms with E-state index in [0.717, 1.165) is 0 Å². The maximum Gasteiger partial charge on any atom is 0.416 e. The normalized spacial score (nSPS) is 25.3. The summed E-state index contributed by atoms with van der Waals surface area (Å²) in [6.07, 6.45) is -1.57. The Morgan fingerprint density at radius 1 is 1.08 bits per heavy atom. The molecule has 0 radical (unpaired) electrons. The Hall–Kier alpha value is -2.28. The molecule has 0 bridgehead atoms. The smallest absolute Gasteiger partial charge is 0.416 e. The van der Waals surface area contributed by atoms with Gasteiger partial charge in [0.05, 0.1) is 38.2 Å². The molecule has 7 nitrogen and oxygen atoms in total. The molecule has 1 aromatic carbocycles. The second-order valence-electron chi connectivity index (χ2n) is 6.29. The van der Waals surface area contributed by atoms with Crippen molar-refractivity contribution in [3.05, 3.63) is 24.3 Å². The van der Waals surface area contributed by atoms with Gasteiger partial charge in [0.1, 0.15) is 0 Å². The highest BCUT2D eigenvalue weighted by molar-refractivity contribution is 6.01. The molecule has 2 amide bonds. The highest BCUT2D eigenvalue weighted by Gasteiger charge is 2.53. The molecule has 1 fully saturated rings. The average molecular weight is 334 g/mol. The minimum Gasteiger partial charge on any atom is -0.452 e. The van der Waals surface area contributed by atoms with Crippen LogP contribution in [0.1, 0.15) is 13.8 Å².